The van der Waals surface area contributed by atoms with Crippen molar-refractivity contribution in [1.82, 2.24) is 0 Å². The minimum Gasteiger partial charge on any atom is -0.198 e. The first kappa shape index (κ1) is 12.8. The van der Waals surface area contributed by atoms with E-state index in [9.17, 15) is 0 Å². The lowest BCUT2D eigenvalue weighted by Crippen LogP contribution is -1.91. The predicted octanol–water partition coefficient (Wildman–Crippen LogP) is 4.32. The van der Waals surface area contributed by atoms with E-state index in [0.717, 1.165) is 6.42 Å². The molecule has 16 heavy (non-hydrogen) atoms. The molecule has 0 saturated carbocycles. The molecule has 0 aliphatic rings. The Morgan fingerprint density at radius 2 is 1.81 bits per heavy atom. The zero-order valence-electron chi connectivity index (χ0n) is 10.4. The zero-order chi connectivity index (χ0) is 11.8. The van der Waals surface area contributed by atoms with Crippen LogP contribution in [0.3, 0.4) is 0 Å². The van der Waals surface area contributed by atoms with Crippen molar-refractivity contribution in [3.63, 3.8) is 0 Å². The van der Waals surface area contributed by atoms with Gasteiger partial charge in [-0.3, -0.25) is 0 Å². The van der Waals surface area contributed by atoms with E-state index in [4.69, 9.17) is 5.26 Å². The fourth-order valence-electron chi connectivity index (χ4n) is 1.94. The second-order valence-corrected chi connectivity index (χ2v) is 4.50. The van der Waals surface area contributed by atoms with E-state index in [-0.39, 0.29) is 0 Å². The summed E-state index contributed by atoms with van der Waals surface area (Å²) in [7, 11) is 0. The van der Waals surface area contributed by atoms with Crippen molar-refractivity contribution in [2.45, 2.75) is 52.4 Å². The van der Waals surface area contributed by atoms with Crippen LogP contribution >= 0.6 is 0 Å². The van der Waals surface area contributed by atoms with Crippen LogP contribution in [0, 0.1) is 25.2 Å². The summed E-state index contributed by atoms with van der Waals surface area (Å²) >= 11 is 0. The van der Waals surface area contributed by atoms with Gasteiger partial charge in [0.25, 0.3) is 0 Å². The summed E-state index contributed by atoms with van der Waals surface area (Å²) in [6.45, 7) is 4.33. The Morgan fingerprint density at radius 1 is 1.06 bits per heavy atom. The molecule has 1 rings (SSSR count). The lowest BCUT2D eigenvalue weighted by atomic mass is 9.99. The number of hydrogen-bond donors (Lipinski definition) is 0. The van der Waals surface area contributed by atoms with Gasteiger partial charge < -0.3 is 0 Å². The highest BCUT2D eigenvalue weighted by Crippen LogP contribution is 2.14. The molecule has 0 atom stereocenters. The average molecular weight is 215 g/mol. The molecule has 0 saturated heterocycles. The lowest BCUT2D eigenvalue weighted by Gasteiger charge is -2.06. The van der Waals surface area contributed by atoms with Gasteiger partial charge in [-0.2, -0.15) is 5.26 Å². The minimum atomic E-state index is 0.712. The van der Waals surface area contributed by atoms with Crippen molar-refractivity contribution in [2.24, 2.45) is 0 Å². The number of nitriles is 1. The van der Waals surface area contributed by atoms with Crippen LogP contribution in [0.2, 0.25) is 0 Å². The summed E-state index contributed by atoms with van der Waals surface area (Å²) in [5, 5.41) is 8.42. The standard InChI is InChI=1S/C15H21N/c1-13-9-10-14(2)15(12-13)8-6-4-3-5-7-11-16/h9-10,12H,3-8H2,1-2H3. The summed E-state index contributed by atoms with van der Waals surface area (Å²) in [6, 6.07) is 8.87. The number of hydrogen-bond acceptors (Lipinski definition) is 1. The SMILES string of the molecule is Cc1ccc(C)c(CCCCCCC#N)c1. The van der Waals surface area contributed by atoms with Crippen molar-refractivity contribution >= 4 is 0 Å². The number of unbranched alkanes of at least 4 members (excludes halogenated alkanes) is 4. The maximum absolute atomic E-state index is 8.42. The molecule has 0 bridgehead atoms. The normalized spacial score (nSPS) is 10.1. The van der Waals surface area contributed by atoms with E-state index in [2.05, 4.69) is 38.1 Å². The summed E-state index contributed by atoms with van der Waals surface area (Å²) in [5.41, 5.74) is 4.24. The monoisotopic (exact) mass is 215 g/mol. The Balaban J connectivity index is 2.27. The highest BCUT2D eigenvalue weighted by molar-refractivity contribution is 5.30. The van der Waals surface area contributed by atoms with Gasteiger partial charge in [-0.1, -0.05) is 36.6 Å². The van der Waals surface area contributed by atoms with Gasteiger partial charge in [0, 0.05) is 6.42 Å². The van der Waals surface area contributed by atoms with Crippen LogP contribution in [0.1, 0.15) is 48.8 Å². The third-order valence-corrected chi connectivity index (χ3v) is 2.99. The van der Waals surface area contributed by atoms with Gasteiger partial charge in [0.2, 0.25) is 0 Å². The molecule has 0 heterocycles. The maximum Gasteiger partial charge on any atom is 0.0621 e. The molecule has 1 aromatic carbocycles. The Morgan fingerprint density at radius 3 is 2.56 bits per heavy atom. The molecule has 0 aliphatic heterocycles. The minimum absolute atomic E-state index is 0.712. The van der Waals surface area contributed by atoms with Crippen LogP contribution in [0.4, 0.5) is 0 Å². The van der Waals surface area contributed by atoms with E-state index < -0.39 is 0 Å². The average Bonchev–Trinajstić information content (AvgIpc) is 2.28. The Hall–Kier alpha value is -1.29. The van der Waals surface area contributed by atoms with Gasteiger partial charge in [0.1, 0.15) is 0 Å². The van der Waals surface area contributed by atoms with Gasteiger partial charge in [-0.25, -0.2) is 0 Å². The summed E-state index contributed by atoms with van der Waals surface area (Å²) in [4.78, 5) is 0. The molecular weight excluding hydrogens is 194 g/mol. The first-order valence-corrected chi connectivity index (χ1v) is 6.17. The van der Waals surface area contributed by atoms with E-state index >= 15 is 0 Å². The van der Waals surface area contributed by atoms with Gasteiger partial charge in [0.15, 0.2) is 0 Å². The molecule has 0 spiro atoms. The van der Waals surface area contributed by atoms with Gasteiger partial charge in [-0.05, 0) is 44.2 Å². The van der Waals surface area contributed by atoms with Gasteiger partial charge in [0.05, 0.1) is 6.07 Å². The number of rotatable bonds is 6. The van der Waals surface area contributed by atoms with Crippen LogP contribution < -0.4 is 0 Å². The largest absolute Gasteiger partial charge is 0.198 e. The molecule has 1 aromatic rings. The summed E-state index contributed by atoms with van der Waals surface area (Å²) < 4.78 is 0. The summed E-state index contributed by atoms with van der Waals surface area (Å²) in [6.07, 6.45) is 6.63. The van der Waals surface area contributed by atoms with Crippen molar-refractivity contribution in [3.05, 3.63) is 34.9 Å². The summed E-state index contributed by atoms with van der Waals surface area (Å²) in [5.74, 6) is 0. The Bertz CT molecular complexity index is 360. The molecule has 1 heteroatoms. The van der Waals surface area contributed by atoms with Crippen LogP contribution in [-0.4, -0.2) is 0 Å². The molecule has 0 amide bonds. The quantitative estimate of drug-likeness (QED) is 0.648. The Kier molecular flexibility index (Phi) is 5.64. The molecule has 0 radical (unpaired) electrons. The van der Waals surface area contributed by atoms with Crippen LogP contribution in [0.15, 0.2) is 18.2 Å². The molecule has 0 aromatic heterocycles. The molecule has 0 aliphatic carbocycles. The lowest BCUT2D eigenvalue weighted by molar-refractivity contribution is 0.647. The van der Waals surface area contributed by atoms with E-state index in [1.807, 2.05) is 0 Å². The first-order chi connectivity index (χ1) is 7.74. The van der Waals surface area contributed by atoms with Crippen molar-refractivity contribution in [2.75, 3.05) is 0 Å². The third kappa shape index (κ3) is 4.49. The van der Waals surface area contributed by atoms with Crippen molar-refractivity contribution < 1.29 is 0 Å². The smallest absolute Gasteiger partial charge is 0.0621 e. The van der Waals surface area contributed by atoms with Gasteiger partial charge in [-0.15, -0.1) is 0 Å². The Labute approximate surface area is 99.1 Å². The van der Waals surface area contributed by atoms with Gasteiger partial charge >= 0.3 is 0 Å². The second-order valence-electron chi connectivity index (χ2n) is 4.50. The second kappa shape index (κ2) is 7.06. The molecular formula is C15H21N. The topological polar surface area (TPSA) is 23.8 Å². The van der Waals surface area contributed by atoms with Crippen molar-refractivity contribution in [1.29, 1.82) is 5.26 Å². The number of aryl methyl sites for hydroxylation is 3. The highest BCUT2D eigenvalue weighted by atomic mass is 14.2. The molecule has 0 N–H and O–H groups in total. The van der Waals surface area contributed by atoms with Crippen LogP contribution in [0.25, 0.3) is 0 Å². The van der Waals surface area contributed by atoms with Crippen molar-refractivity contribution in [3.8, 4) is 6.07 Å². The maximum atomic E-state index is 8.42. The molecule has 86 valence electrons. The molecule has 0 fully saturated rings. The number of benzene rings is 1. The van der Waals surface area contributed by atoms with E-state index in [0.29, 0.717) is 6.42 Å². The fourth-order valence-corrected chi connectivity index (χ4v) is 1.94. The fraction of sp³-hybridized carbons (Fsp3) is 0.533. The first-order valence-electron chi connectivity index (χ1n) is 6.17. The van der Waals surface area contributed by atoms with Crippen LogP contribution in [-0.2, 0) is 6.42 Å². The van der Waals surface area contributed by atoms with E-state index in [1.54, 1.807) is 0 Å². The predicted molar refractivity (Wildman–Crippen MR) is 68.3 cm³/mol. The highest BCUT2D eigenvalue weighted by Gasteiger charge is 1.98. The number of nitrogens with zero attached hydrogens (tertiary/aromatic N) is 1. The molecule has 1 nitrogen and oxygen atoms in total. The third-order valence-electron chi connectivity index (χ3n) is 2.99. The van der Waals surface area contributed by atoms with E-state index in [1.165, 1.54) is 42.4 Å². The van der Waals surface area contributed by atoms with Crippen LogP contribution in [0.5, 0.6) is 0 Å². The molecule has 0 unspecified atom stereocenters. The zero-order valence-corrected chi connectivity index (χ0v) is 10.4.